The molecule has 0 saturated heterocycles. The Morgan fingerprint density at radius 2 is 1.29 bits per heavy atom. The van der Waals surface area contributed by atoms with Gasteiger partial charge in [-0.2, -0.15) is 16.8 Å². The number of rotatable bonds is 3. The number of carboxylic acids is 1. The van der Waals surface area contributed by atoms with Gasteiger partial charge < -0.3 is 5.11 Å². The third-order valence-electron chi connectivity index (χ3n) is 2.83. The standard InChI is InChI=1S/C7H12O8S2/c8-7(9)6-4(16(10,11)12)2-1-3-5(6)17(13,14)15/h4-6H,1-3H2,(H,8,9)(H,10,11,12)(H,13,14,15). The largest absolute Gasteiger partial charge is 0.481 e. The van der Waals surface area contributed by atoms with Crippen LogP contribution in [-0.4, -0.2) is 47.5 Å². The topological polar surface area (TPSA) is 146 Å². The molecular formula is C7H12O8S2. The summed E-state index contributed by atoms with van der Waals surface area (Å²) in [6.45, 7) is 0. The fraction of sp³-hybridized carbons (Fsp3) is 0.857. The minimum absolute atomic E-state index is 0.0959. The van der Waals surface area contributed by atoms with E-state index in [0.29, 0.717) is 0 Å². The van der Waals surface area contributed by atoms with Gasteiger partial charge in [0.25, 0.3) is 20.2 Å². The maximum Gasteiger partial charge on any atom is 0.309 e. The average molecular weight is 288 g/mol. The molecule has 1 rings (SSSR count). The van der Waals surface area contributed by atoms with Crippen molar-refractivity contribution in [1.29, 1.82) is 0 Å². The van der Waals surface area contributed by atoms with Gasteiger partial charge in [-0.1, -0.05) is 6.42 Å². The van der Waals surface area contributed by atoms with E-state index in [1.54, 1.807) is 0 Å². The molecule has 0 aromatic carbocycles. The van der Waals surface area contributed by atoms with Crippen LogP contribution < -0.4 is 0 Å². The van der Waals surface area contributed by atoms with Crippen LogP contribution in [0, 0.1) is 5.92 Å². The van der Waals surface area contributed by atoms with Gasteiger partial charge in [0.05, 0.1) is 5.92 Å². The summed E-state index contributed by atoms with van der Waals surface area (Å²) in [6.07, 6.45) is -0.206. The Bertz CT molecular complexity index is 464. The fourth-order valence-corrected chi connectivity index (χ4v) is 4.49. The normalized spacial score (nSPS) is 31.1. The van der Waals surface area contributed by atoms with Crippen molar-refractivity contribution in [2.45, 2.75) is 29.8 Å². The Kier molecular flexibility index (Phi) is 3.81. The summed E-state index contributed by atoms with van der Waals surface area (Å²) in [7, 11) is -9.34. The van der Waals surface area contributed by atoms with Gasteiger partial charge in [0.2, 0.25) is 0 Å². The lowest BCUT2D eigenvalue weighted by Crippen LogP contribution is -2.48. The van der Waals surface area contributed by atoms with Crippen LogP contribution in [0.2, 0.25) is 0 Å². The van der Waals surface area contributed by atoms with Crippen LogP contribution in [0.25, 0.3) is 0 Å². The number of carboxylic acid groups (broad SMARTS) is 1. The maximum absolute atomic E-state index is 11.0. The van der Waals surface area contributed by atoms with Gasteiger partial charge in [-0.15, -0.1) is 0 Å². The molecular weight excluding hydrogens is 276 g/mol. The molecule has 0 radical (unpaired) electrons. The molecule has 0 aromatic rings. The van der Waals surface area contributed by atoms with Crippen molar-refractivity contribution >= 4 is 26.2 Å². The molecule has 1 fully saturated rings. The molecule has 8 nitrogen and oxygen atoms in total. The number of carbonyl (C=O) groups is 1. The molecule has 0 aromatic heterocycles. The molecule has 1 saturated carbocycles. The van der Waals surface area contributed by atoms with Crippen molar-refractivity contribution in [3.63, 3.8) is 0 Å². The van der Waals surface area contributed by atoms with Crippen LogP contribution in [0.5, 0.6) is 0 Å². The Hall–Kier alpha value is -0.710. The summed E-state index contributed by atoms with van der Waals surface area (Å²) < 4.78 is 61.7. The smallest absolute Gasteiger partial charge is 0.309 e. The van der Waals surface area contributed by atoms with E-state index in [2.05, 4.69) is 0 Å². The predicted octanol–water partition coefficient (Wildman–Crippen LogP) is -0.616. The Labute approximate surface area is 98.1 Å². The zero-order valence-corrected chi connectivity index (χ0v) is 10.2. The van der Waals surface area contributed by atoms with E-state index in [9.17, 15) is 21.6 Å². The van der Waals surface area contributed by atoms with E-state index in [1.807, 2.05) is 0 Å². The van der Waals surface area contributed by atoms with Crippen LogP contribution in [-0.2, 0) is 25.0 Å². The highest BCUT2D eigenvalue weighted by molar-refractivity contribution is 7.87. The third kappa shape index (κ3) is 3.15. The highest BCUT2D eigenvalue weighted by Gasteiger charge is 2.49. The first-order chi connectivity index (χ1) is 7.55. The molecule has 2 unspecified atom stereocenters. The zero-order valence-electron chi connectivity index (χ0n) is 8.55. The highest BCUT2D eigenvalue weighted by Crippen LogP contribution is 2.33. The fourth-order valence-electron chi connectivity index (χ4n) is 2.11. The highest BCUT2D eigenvalue weighted by atomic mass is 32.2. The Morgan fingerprint density at radius 1 is 0.941 bits per heavy atom. The van der Waals surface area contributed by atoms with Gasteiger partial charge in [-0.3, -0.25) is 13.9 Å². The molecule has 0 aliphatic heterocycles. The van der Waals surface area contributed by atoms with E-state index in [4.69, 9.17) is 14.2 Å². The summed E-state index contributed by atoms with van der Waals surface area (Å²) >= 11 is 0. The minimum atomic E-state index is -4.67. The van der Waals surface area contributed by atoms with E-state index in [1.165, 1.54) is 0 Å². The minimum Gasteiger partial charge on any atom is -0.481 e. The molecule has 17 heavy (non-hydrogen) atoms. The summed E-state index contributed by atoms with van der Waals surface area (Å²) in [5.74, 6) is -3.52. The molecule has 1 aliphatic carbocycles. The van der Waals surface area contributed by atoms with Crippen molar-refractivity contribution < 1.29 is 35.8 Å². The first kappa shape index (κ1) is 14.4. The molecule has 1 aliphatic rings. The van der Waals surface area contributed by atoms with Crippen molar-refractivity contribution in [1.82, 2.24) is 0 Å². The van der Waals surface area contributed by atoms with Crippen molar-refractivity contribution in [2.24, 2.45) is 5.92 Å². The molecule has 3 N–H and O–H groups in total. The van der Waals surface area contributed by atoms with Gasteiger partial charge in [0.15, 0.2) is 0 Å². The Morgan fingerprint density at radius 3 is 1.53 bits per heavy atom. The molecule has 0 heterocycles. The second-order valence-corrected chi connectivity index (χ2v) is 7.17. The van der Waals surface area contributed by atoms with Crippen LogP contribution in [0.15, 0.2) is 0 Å². The zero-order chi connectivity index (χ0) is 13.4. The third-order valence-corrected chi connectivity index (χ3v) is 5.42. The molecule has 10 heteroatoms. The molecule has 2 atom stereocenters. The lowest BCUT2D eigenvalue weighted by Gasteiger charge is -2.31. The monoisotopic (exact) mass is 288 g/mol. The van der Waals surface area contributed by atoms with Gasteiger partial charge in [-0.05, 0) is 12.8 Å². The van der Waals surface area contributed by atoms with Gasteiger partial charge in [0.1, 0.15) is 10.5 Å². The van der Waals surface area contributed by atoms with Gasteiger partial charge in [-0.25, -0.2) is 0 Å². The Balaban J connectivity index is 3.24. The second-order valence-electron chi connectivity index (χ2n) is 3.90. The molecule has 0 bridgehead atoms. The molecule has 0 amide bonds. The summed E-state index contributed by atoms with van der Waals surface area (Å²) in [4.78, 5) is 10.9. The number of aliphatic carboxylic acids is 1. The van der Waals surface area contributed by atoms with Crippen LogP contribution in [0.3, 0.4) is 0 Å². The van der Waals surface area contributed by atoms with E-state index in [0.717, 1.165) is 0 Å². The predicted molar refractivity (Wildman–Crippen MR) is 55.7 cm³/mol. The van der Waals surface area contributed by atoms with E-state index < -0.39 is 42.6 Å². The van der Waals surface area contributed by atoms with Crippen molar-refractivity contribution in [2.75, 3.05) is 0 Å². The first-order valence-electron chi connectivity index (χ1n) is 4.70. The molecule has 0 spiro atoms. The summed E-state index contributed by atoms with van der Waals surface area (Å²) in [6, 6.07) is 0. The van der Waals surface area contributed by atoms with Crippen molar-refractivity contribution in [3.05, 3.63) is 0 Å². The quantitative estimate of drug-likeness (QED) is 0.582. The summed E-state index contributed by atoms with van der Waals surface area (Å²) in [5, 5.41) is 5.44. The second kappa shape index (κ2) is 4.52. The number of hydrogen-bond acceptors (Lipinski definition) is 5. The van der Waals surface area contributed by atoms with Crippen LogP contribution >= 0.6 is 0 Å². The maximum atomic E-state index is 11.0. The lowest BCUT2D eigenvalue weighted by atomic mass is 9.88. The average Bonchev–Trinajstić information content (AvgIpc) is 2.13. The van der Waals surface area contributed by atoms with Gasteiger partial charge in [0, 0.05) is 0 Å². The van der Waals surface area contributed by atoms with Crippen LogP contribution in [0.1, 0.15) is 19.3 Å². The lowest BCUT2D eigenvalue weighted by molar-refractivity contribution is -0.142. The van der Waals surface area contributed by atoms with Crippen molar-refractivity contribution in [3.8, 4) is 0 Å². The van der Waals surface area contributed by atoms with Crippen LogP contribution in [0.4, 0.5) is 0 Å². The summed E-state index contributed by atoms with van der Waals surface area (Å²) in [5.41, 5.74) is 0. The van der Waals surface area contributed by atoms with E-state index in [-0.39, 0.29) is 19.3 Å². The molecule has 100 valence electrons. The number of hydrogen-bond donors (Lipinski definition) is 3. The van der Waals surface area contributed by atoms with Gasteiger partial charge >= 0.3 is 5.97 Å². The SMILES string of the molecule is O=C(O)C1C(S(=O)(=O)O)CCCC1S(=O)(=O)O. The van der Waals surface area contributed by atoms with E-state index >= 15 is 0 Å². The first-order valence-corrected chi connectivity index (χ1v) is 7.71.